The van der Waals surface area contributed by atoms with Crippen LogP contribution in [-0.4, -0.2) is 42.6 Å². The van der Waals surface area contributed by atoms with Gasteiger partial charge in [-0.1, -0.05) is 50.2 Å². The standard InChI is InChI=1S/C23H29FN2O2/c1-15-21(23(15,2)17-8-6-5-7-9-17)22(28)25-14-18(26(3)4)12-16-10-11-19(27)13-20(16)24/h5-11,13,15,18,21,27H,12,14H2,1-4H3,(H,25,28). The van der Waals surface area contributed by atoms with Gasteiger partial charge in [-0.05, 0) is 43.6 Å². The maximum atomic E-state index is 14.1. The Labute approximate surface area is 166 Å². The van der Waals surface area contributed by atoms with E-state index in [2.05, 4.69) is 31.3 Å². The molecular weight excluding hydrogens is 355 g/mol. The molecule has 0 bridgehead atoms. The number of phenolic OH excluding ortho intramolecular Hbond substituents is 1. The number of nitrogens with one attached hydrogen (secondary N) is 1. The van der Waals surface area contributed by atoms with E-state index in [0.717, 1.165) is 6.07 Å². The maximum absolute atomic E-state index is 14.1. The number of likely N-dealkylation sites (N-methyl/N-ethyl adjacent to an activating group) is 1. The molecule has 1 fully saturated rings. The molecule has 4 nitrogen and oxygen atoms in total. The van der Waals surface area contributed by atoms with Gasteiger partial charge in [0.2, 0.25) is 5.91 Å². The second kappa shape index (κ2) is 7.92. The lowest BCUT2D eigenvalue weighted by Crippen LogP contribution is -2.42. The van der Waals surface area contributed by atoms with Crippen molar-refractivity contribution < 1.29 is 14.3 Å². The molecule has 0 aromatic heterocycles. The normalized spacial score (nSPS) is 24.8. The predicted molar refractivity (Wildman–Crippen MR) is 109 cm³/mol. The van der Waals surface area contributed by atoms with E-state index in [0.29, 0.717) is 18.5 Å². The highest BCUT2D eigenvalue weighted by atomic mass is 19.1. The molecule has 2 aromatic carbocycles. The van der Waals surface area contributed by atoms with Crippen LogP contribution in [0.5, 0.6) is 5.75 Å². The Morgan fingerprint density at radius 1 is 1.25 bits per heavy atom. The van der Waals surface area contributed by atoms with Gasteiger partial charge in [-0.3, -0.25) is 4.79 Å². The number of rotatable bonds is 7. The number of carbonyl (C=O) groups excluding carboxylic acids is 1. The first-order valence-corrected chi connectivity index (χ1v) is 9.72. The van der Waals surface area contributed by atoms with Gasteiger partial charge in [0, 0.05) is 24.1 Å². The summed E-state index contributed by atoms with van der Waals surface area (Å²) < 4.78 is 14.1. The minimum absolute atomic E-state index is 0.0416. The first kappa shape index (κ1) is 20.3. The van der Waals surface area contributed by atoms with E-state index >= 15 is 0 Å². The highest BCUT2D eigenvalue weighted by molar-refractivity contribution is 5.85. The maximum Gasteiger partial charge on any atom is 0.224 e. The Hall–Kier alpha value is -2.40. The van der Waals surface area contributed by atoms with Crippen LogP contribution < -0.4 is 5.32 Å². The largest absolute Gasteiger partial charge is 0.508 e. The Morgan fingerprint density at radius 2 is 1.93 bits per heavy atom. The Bertz CT molecular complexity index is 840. The van der Waals surface area contributed by atoms with Crippen LogP contribution in [0.1, 0.15) is 25.0 Å². The van der Waals surface area contributed by atoms with Crippen molar-refractivity contribution in [2.75, 3.05) is 20.6 Å². The minimum Gasteiger partial charge on any atom is -0.508 e. The lowest BCUT2D eigenvalue weighted by Gasteiger charge is -2.25. The molecule has 5 heteroatoms. The fraction of sp³-hybridized carbons (Fsp3) is 0.435. The van der Waals surface area contributed by atoms with Gasteiger partial charge in [-0.2, -0.15) is 0 Å². The zero-order chi connectivity index (χ0) is 20.5. The molecule has 150 valence electrons. The third-order valence-corrected chi connectivity index (χ3v) is 6.40. The molecule has 2 aromatic rings. The average molecular weight is 384 g/mol. The topological polar surface area (TPSA) is 52.6 Å². The van der Waals surface area contributed by atoms with Crippen LogP contribution in [-0.2, 0) is 16.6 Å². The van der Waals surface area contributed by atoms with Crippen molar-refractivity contribution in [3.8, 4) is 5.75 Å². The van der Waals surface area contributed by atoms with E-state index in [1.54, 1.807) is 6.07 Å². The van der Waals surface area contributed by atoms with Crippen molar-refractivity contribution in [3.63, 3.8) is 0 Å². The van der Waals surface area contributed by atoms with Crippen molar-refractivity contribution in [3.05, 3.63) is 65.5 Å². The molecule has 1 aliphatic carbocycles. The summed E-state index contributed by atoms with van der Waals surface area (Å²) in [6.07, 6.45) is 0.454. The van der Waals surface area contributed by atoms with Crippen molar-refractivity contribution in [2.24, 2.45) is 11.8 Å². The summed E-state index contributed by atoms with van der Waals surface area (Å²) in [6, 6.07) is 14.3. The average Bonchev–Trinajstić information content (AvgIpc) is 3.22. The van der Waals surface area contributed by atoms with Crippen molar-refractivity contribution in [1.82, 2.24) is 10.2 Å². The minimum atomic E-state index is -0.425. The highest BCUT2D eigenvalue weighted by Crippen LogP contribution is 2.59. The SMILES string of the molecule is CC1C(C(=O)NCC(Cc2ccc(O)cc2F)N(C)C)C1(C)c1ccccc1. The van der Waals surface area contributed by atoms with Crippen molar-refractivity contribution in [2.45, 2.75) is 31.7 Å². The molecule has 0 aliphatic heterocycles. The molecule has 1 saturated carbocycles. The van der Waals surface area contributed by atoms with Gasteiger partial charge >= 0.3 is 0 Å². The zero-order valence-corrected chi connectivity index (χ0v) is 16.9. The molecule has 0 heterocycles. The molecule has 0 saturated heterocycles. The molecule has 1 amide bonds. The highest BCUT2D eigenvalue weighted by Gasteiger charge is 2.62. The van der Waals surface area contributed by atoms with E-state index in [4.69, 9.17) is 0 Å². The van der Waals surface area contributed by atoms with E-state index in [-0.39, 0.29) is 34.9 Å². The first-order valence-electron chi connectivity index (χ1n) is 9.72. The molecule has 4 atom stereocenters. The number of aromatic hydroxyl groups is 1. The lowest BCUT2D eigenvalue weighted by atomic mass is 9.94. The van der Waals surface area contributed by atoms with E-state index in [9.17, 15) is 14.3 Å². The monoisotopic (exact) mass is 384 g/mol. The molecule has 3 rings (SSSR count). The molecule has 2 N–H and O–H groups in total. The molecule has 1 aliphatic rings. The summed E-state index contributed by atoms with van der Waals surface area (Å²) in [4.78, 5) is 14.8. The summed E-state index contributed by atoms with van der Waals surface area (Å²) in [5, 5.41) is 12.5. The predicted octanol–water partition coefficient (Wildman–Crippen LogP) is 3.34. The Morgan fingerprint density at radius 3 is 2.54 bits per heavy atom. The number of halogens is 1. The van der Waals surface area contributed by atoms with Crippen LogP contribution in [0.15, 0.2) is 48.5 Å². The van der Waals surface area contributed by atoms with Crippen LogP contribution in [0.25, 0.3) is 0 Å². The van der Waals surface area contributed by atoms with Gasteiger partial charge in [-0.15, -0.1) is 0 Å². The van der Waals surface area contributed by atoms with Crippen molar-refractivity contribution in [1.29, 1.82) is 0 Å². The summed E-state index contributed by atoms with van der Waals surface area (Å²) in [5.41, 5.74) is 1.58. The Balaban J connectivity index is 1.63. The summed E-state index contributed by atoms with van der Waals surface area (Å²) in [7, 11) is 3.84. The molecule has 0 radical (unpaired) electrons. The van der Waals surface area contributed by atoms with Gasteiger partial charge < -0.3 is 15.3 Å². The Kier molecular flexibility index (Phi) is 5.75. The number of hydrogen-bond acceptors (Lipinski definition) is 3. The number of hydrogen-bond donors (Lipinski definition) is 2. The van der Waals surface area contributed by atoms with E-state index in [1.165, 1.54) is 11.6 Å². The van der Waals surface area contributed by atoms with Gasteiger partial charge in [0.15, 0.2) is 0 Å². The van der Waals surface area contributed by atoms with E-state index in [1.807, 2.05) is 37.2 Å². The molecule has 28 heavy (non-hydrogen) atoms. The van der Waals surface area contributed by atoms with Crippen LogP contribution in [0.3, 0.4) is 0 Å². The number of phenols is 1. The zero-order valence-electron chi connectivity index (χ0n) is 16.9. The second-order valence-corrected chi connectivity index (χ2v) is 8.26. The molecule has 0 spiro atoms. The third-order valence-electron chi connectivity index (χ3n) is 6.40. The third kappa shape index (κ3) is 3.90. The van der Waals surface area contributed by atoms with Crippen LogP contribution in [0.2, 0.25) is 0 Å². The lowest BCUT2D eigenvalue weighted by molar-refractivity contribution is -0.123. The van der Waals surface area contributed by atoms with Crippen LogP contribution >= 0.6 is 0 Å². The quantitative estimate of drug-likeness (QED) is 0.770. The van der Waals surface area contributed by atoms with Gasteiger partial charge in [0.05, 0.1) is 5.92 Å². The number of carbonyl (C=O) groups is 1. The fourth-order valence-electron chi connectivity index (χ4n) is 4.19. The summed E-state index contributed by atoms with van der Waals surface area (Å²) in [6.45, 7) is 4.71. The second-order valence-electron chi connectivity index (χ2n) is 8.26. The van der Waals surface area contributed by atoms with Crippen LogP contribution in [0, 0.1) is 17.7 Å². The van der Waals surface area contributed by atoms with Gasteiger partial charge in [-0.25, -0.2) is 4.39 Å². The number of amides is 1. The van der Waals surface area contributed by atoms with Crippen molar-refractivity contribution >= 4 is 5.91 Å². The first-order chi connectivity index (χ1) is 13.2. The fourth-order valence-corrected chi connectivity index (χ4v) is 4.19. The van der Waals surface area contributed by atoms with Gasteiger partial charge in [0.1, 0.15) is 11.6 Å². The smallest absolute Gasteiger partial charge is 0.224 e. The molecule has 4 unspecified atom stereocenters. The molecular formula is C23H29FN2O2. The number of benzene rings is 2. The van der Waals surface area contributed by atoms with Gasteiger partial charge in [0.25, 0.3) is 0 Å². The van der Waals surface area contributed by atoms with E-state index < -0.39 is 5.82 Å². The van der Waals surface area contributed by atoms with Crippen LogP contribution in [0.4, 0.5) is 4.39 Å². The summed E-state index contributed by atoms with van der Waals surface area (Å²) in [5.74, 6) is -0.230. The summed E-state index contributed by atoms with van der Waals surface area (Å²) >= 11 is 0. The number of nitrogens with zero attached hydrogens (tertiary/aromatic N) is 1.